The van der Waals surface area contributed by atoms with Gasteiger partial charge in [0.15, 0.2) is 0 Å². The quantitative estimate of drug-likeness (QED) is 0.762. The Morgan fingerprint density at radius 1 is 1.16 bits per heavy atom. The zero-order chi connectivity index (χ0) is 13.2. The van der Waals surface area contributed by atoms with Crippen molar-refractivity contribution in [1.82, 2.24) is 4.98 Å². The Hall–Kier alpha value is -1.36. The van der Waals surface area contributed by atoms with E-state index in [0.717, 1.165) is 37.6 Å². The van der Waals surface area contributed by atoms with Gasteiger partial charge in [-0.05, 0) is 23.8 Å². The monoisotopic (exact) mass is 306 g/mol. The Labute approximate surface area is 124 Å². The molecule has 0 fully saturated rings. The number of halogens is 1. The lowest BCUT2D eigenvalue weighted by Crippen LogP contribution is -1.88. The number of nitrogens with two attached hydrogens (primary N) is 1. The van der Waals surface area contributed by atoms with Gasteiger partial charge in [-0.2, -0.15) is 0 Å². The van der Waals surface area contributed by atoms with E-state index in [-0.39, 0.29) is 0 Å². The van der Waals surface area contributed by atoms with E-state index in [1.54, 1.807) is 22.7 Å². The van der Waals surface area contributed by atoms with Gasteiger partial charge in [0.2, 0.25) is 0 Å². The molecule has 0 radical (unpaired) electrons. The van der Waals surface area contributed by atoms with Gasteiger partial charge in [0, 0.05) is 16.8 Å². The summed E-state index contributed by atoms with van der Waals surface area (Å²) in [5, 5.41) is 4.74. The Morgan fingerprint density at radius 3 is 2.74 bits per heavy atom. The summed E-state index contributed by atoms with van der Waals surface area (Å²) in [6.45, 7) is 0. The summed E-state index contributed by atoms with van der Waals surface area (Å²) in [7, 11) is 0. The number of aromatic nitrogens is 1. The van der Waals surface area contributed by atoms with Crippen LogP contribution in [0.25, 0.3) is 10.6 Å². The average molecular weight is 307 g/mol. The van der Waals surface area contributed by atoms with E-state index in [9.17, 15) is 0 Å². The highest BCUT2D eigenvalue weighted by Gasteiger charge is 2.08. The Bertz CT molecular complexity index is 703. The largest absolute Gasteiger partial charge is 0.391 e. The first-order chi connectivity index (χ1) is 9.22. The third kappa shape index (κ3) is 2.81. The number of anilines is 1. The molecular weight excluding hydrogens is 296 g/mol. The second kappa shape index (κ2) is 5.33. The third-order valence-electron chi connectivity index (χ3n) is 2.73. The van der Waals surface area contributed by atoms with Crippen LogP contribution in [0.2, 0.25) is 5.02 Å². The van der Waals surface area contributed by atoms with Crippen LogP contribution in [0.1, 0.15) is 10.6 Å². The van der Waals surface area contributed by atoms with Crippen molar-refractivity contribution in [2.24, 2.45) is 0 Å². The van der Waals surface area contributed by atoms with E-state index in [1.165, 1.54) is 0 Å². The summed E-state index contributed by atoms with van der Waals surface area (Å²) >= 11 is 9.38. The predicted octanol–water partition coefficient (Wildman–Crippen LogP) is 4.70. The minimum atomic E-state index is 0.769. The summed E-state index contributed by atoms with van der Waals surface area (Å²) in [5.41, 5.74) is 7.84. The van der Waals surface area contributed by atoms with Crippen LogP contribution in [0, 0.1) is 0 Å². The van der Waals surface area contributed by atoms with Gasteiger partial charge in [-0.1, -0.05) is 29.8 Å². The van der Waals surface area contributed by atoms with E-state index in [4.69, 9.17) is 17.3 Å². The first-order valence-corrected chi connectivity index (χ1v) is 7.83. The van der Waals surface area contributed by atoms with Gasteiger partial charge in [0.05, 0.1) is 20.6 Å². The zero-order valence-corrected chi connectivity index (χ0v) is 12.4. The maximum atomic E-state index is 6.16. The highest BCUT2D eigenvalue weighted by molar-refractivity contribution is 7.19. The number of nitrogen functional groups attached to an aromatic ring is 1. The topological polar surface area (TPSA) is 38.9 Å². The molecule has 3 rings (SSSR count). The zero-order valence-electron chi connectivity index (χ0n) is 9.97. The van der Waals surface area contributed by atoms with Gasteiger partial charge in [-0.25, -0.2) is 4.98 Å². The molecule has 0 saturated carbocycles. The van der Waals surface area contributed by atoms with Gasteiger partial charge in [0.1, 0.15) is 0 Å². The molecule has 0 aliphatic rings. The van der Waals surface area contributed by atoms with Crippen LogP contribution in [0.4, 0.5) is 5.00 Å². The normalized spacial score (nSPS) is 10.8. The van der Waals surface area contributed by atoms with Crippen molar-refractivity contribution in [2.45, 2.75) is 6.42 Å². The van der Waals surface area contributed by atoms with E-state index < -0.39 is 0 Å². The van der Waals surface area contributed by atoms with Gasteiger partial charge >= 0.3 is 0 Å². The van der Waals surface area contributed by atoms with Crippen molar-refractivity contribution >= 4 is 39.3 Å². The van der Waals surface area contributed by atoms with E-state index in [0.29, 0.717) is 0 Å². The Balaban J connectivity index is 1.84. The van der Waals surface area contributed by atoms with Crippen molar-refractivity contribution in [1.29, 1.82) is 0 Å². The molecule has 2 N–H and O–H groups in total. The summed E-state index contributed by atoms with van der Waals surface area (Å²) in [6, 6.07) is 11.8. The first kappa shape index (κ1) is 12.7. The lowest BCUT2D eigenvalue weighted by Gasteiger charge is -2.00. The van der Waals surface area contributed by atoms with E-state index >= 15 is 0 Å². The molecule has 0 aliphatic heterocycles. The molecule has 0 saturated heterocycles. The molecule has 5 heteroatoms. The van der Waals surface area contributed by atoms with Crippen LogP contribution < -0.4 is 5.73 Å². The van der Waals surface area contributed by atoms with Gasteiger partial charge in [0.25, 0.3) is 0 Å². The molecule has 96 valence electrons. The molecule has 3 aromatic rings. The Kier molecular flexibility index (Phi) is 3.55. The smallest absolute Gasteiger partial charge is 0.0977 e. The summed E-state index contributed by atoms with van der Waals surface area (Å²) < 4.78 is 0. The highest BCUT2D eigenvalue weighted by Crippen LogP contribution is 2.31. The molecule has 0 unspecified atom stereocenters. The van der Waals surface area contributed by atoms with E-state index in [1.807, 2.05) is 36.4 Å². The summed E-state index contributed by atoms with van der Waals surface area (Å²) in [6.07, 6.45) is 0.769. The molecule has 1 aromatic carbocycles. The van der Waals surface area contributed by atoms with Crippen LogP contribution in [-0.2, 0) is 6.42 Å². The second-order valence-corrected chi connectivity index (χ2v) is 6.56. The number of thiophene rings is 1. The lowest BCUT2D eigenvalue weighted by molar-refractivity contribution is 1.14. The molecule has 0 aliphatic carbocycles. The highest BCUT2D eigenvalue weighted by atomic mass is 35.5. The van der Waals surface area contributed by atoms with Gasteiger partial charge in [-0.3, -0.25) is 0 Å². The third-order valence-corrected chi connectivity index (χ3v) is 4.88. The van der Waals surface area contributed by atoms with Crippen molar-refractivity contribution in [3.8, 4) is 10.6 Å². The van der Waals surface area contributed by atoms with Gasteiger partial charge < -0.3 is 5.73 Å². The van der Waals surface area contributed by atoms with Crippen LogP contribution in [0.15, 0.2) is 41.8 Å². The summed E-state index contributed by atoms with van der Waals surface area (Å²) in [5.74, 6) is 0. The molecule has 19 heavy (non-hydrogen) atoms. The maximum absolute atomic E-state index is 6.16. The Morgan fingerprint density at radius 2 is 2.00 bits per heavy atom. The van der Waals surface area contributed by atoms with Crippen molar-refractivity contribution < 1.29 is 0 Å². The van der Waals surface area contributed by atoms with Crippen LogP contribution in [-0.4, -0.2) is 4.98 Å². The molecule has 2 heterocycles. The lowest BCUT2D eigenvalue weighted by atomic mass is 10.1. The average Bonchev–Trinajstić information content (AvgIpc) is 3.01. The van der Waals surface area contributed by atoms with Crippen LogP contribution in [0.3, 0.4) is 0 Å². The van der Waals surface area contributed by atoms with Gasteiger partial charge in [-0.15, -0.1) is 22.7 Å². The minimum absolute atomic E-state index is 0.769. The number of nitrogens with zero attached hydrogens (tertiary/aromatic N) is 1. The fourth-order valence-corrected chi connectivity index (χ4v) is 3.63. The fraction of sp³-hybridized carbons (Fsp3) is 0.0714. The number of hydrogen-bond acceptors (Lipinski definition) is 4. The number of benzene rings is 1. The number of thiazole rings is 1. The SMILES string of the molecule is Nc1ccc(-c2csc(Cc3ccccc3Cl)n2)s1. The fourth-order valence-electron chi connectivity index (χ4n) is 1.80. The molecule has 0 bridgehead atoms. The molecular formula is C14H11ClN2S2. The van der Waals surface area contributed by atoms with E-state index in [2.05, 4.69) is 10.4 Å². The number of hydrogen-bond donors (Lipinski definition) is 1. The molecule has 0 amide bonds. The van der Waals surface area contributed by atoms with Crippen molar-refractivity contribution in [3.63, 3.8) is 0 Å². The van der Waals surface area contributed by atoms with Crippen molar-refractivity contribution in [3.05, 3.63) is 57.4 Å². The number of rotatable bonds is 3. The molecule has 0 spiro atoms. The minimum Gasteiger partial charge on any atom is -0.391 e. The van der Waals surface area contributed by atoms with Crippen LogP contribution >= 0.6 is 34.3 Å². The molecule has 2 nitrogen and oxygen atoms in total. The maximum Gasteiger partial charge on any atom is 0.0977 e. The molecule has 0 atom stereocenters. The standard InChI is InChI=1S/C14H11ClN2S2/c15-10-4-2-1-3-9(10)7-14-17-11(8-18-14)12-5-6-13(16)19-12/h1-6,8H,7,16H2. The molecule has 2 aromatic heterocycles. The van der Waals surface area contributed by atoms with Crippen molar-refractivity contribution in [2.75, 3.05) is 5.73 Å². The second-order valence-electron chi connectivity index (χ2n) is 4.10. The predicted molar refractivity (Wildman–Crippen MR) is 84.1 cm³/mol. The summed E-state index contributed by atoms with van der Waals surface area (Å²) in [4.78, 5) is 5.76. The first-order valence-electron chi connectivity index (χ1n) is 5.76. The van der Waals surface area contributed by atoms with Crippen LogP contribution in [0.5, 0.6) is 0 Å².